The van der Waals surface area contributed by atoms with Gasteiger partial charge in [0.1, 0.15) is 18.1 Å². The smallest absolute Gasteiger partial charge is 0.251 e. The summed E-state index contributed by atoms with van der Waals surface area (Å²) >= 11 is 6.17. The molecule has 0 aromatic heterocycles. The number of amides is 1. The average Bonchev–Trinajstić information content (AvgIpc) is 2.88. The summed E-state index contributed by atoms with van der Waals surface area (Å²) in [4.78, 5) is 12.3. The fourth-order valence-electron chi connectivity index (χ4n) is 3.87. The Hall–Kier alpha value is -3.54. The lowest BCUT2D eigenvalue weighted by Crippen LogP contribution is -2.21. The van der Waals surface area contributed by atoms with Crippen LogP contribution in [-0.4, -0.2) is 33.2 Å². The van der Waals surface area contributed by atoms with Crippen molar-refractivity contribution in [2.45, 2.75) is 6.54 Å². The first-order chi connectivity index (χ1) is 16.6. The minimum absolute atomic E-state index is 0.179. The number of hydrogen-bond donors (Lipinski definition) is 2. The summed E-state index contributed by atoms with van der Waals surface area (Å²) in [6.07, 6.45) is 0. The number of carbonyl (C=O) groups is 1. The number of nitrogens with one attached hydrogen (secondary N) is 2. The zero-order valence-electron chi connectivity index (χ0n) is 19.2. The van der Waals surface area contributed by atoms with Crippen LogP contribution in [0, 0.1) is 0 Å². The fraction of sp³-hybridized carbons (Fsp3) is 0.179. The van der Waals surface area contributed by atoms with Gasteiger partial charge in [0.15, 0.2) is 0 Å². The third-order valence-electron chi connectivity index (χ3n) is 5.62. The molecule has 1 amide bonds. The maximum Gasteiger partial charge on any atom is 0.251 e. The highest BCUT2D eigenvalue weighted by Gasteiger charge is 2.11. The lowest BCUT2D eigenvalue weighted by atomic mass is 10.0. The molecule has 0 radical (unpaired) electrons. The highest BCUT2D eigenvalue weighted by Crippen LogP contribution is 2.32. The van der Waals surface area contributed by atoms with E-state index in [9.17, 15) is 4.79 Å². The standard InChI is InChI=1S/C28H27ClN2O3/c1-30-28(32)23-14-22(20-10-11-26(29)27(17-20)33-2)15-24(16-23)34-13-12-31-18-21-8-5-7-19-6-3-4-9-25(19)21/h3-11,14-17,31H,12-13,18H2,1-2H3,(H,30,32). The Bertz CT molecular complexity index is 1300. The van der Waals surface area contributed by atoms with E-state index in [-0.39, 0.29) is 5.91 Å². The number of rotatable bonds is 9. The monoisotopic (exact) mass is 474 g/mol. The molecule has 0 atom stereocenters. The van der Waals surface area contributed by atoms with E-state index < -0.39 is 0 Å². The zero-order chi connectivity index (χ0) is 23.9. The Labute approximate surface area is 204 Å². The quantitative estimate of drug-likeness (QED) is 0.306. The summed E-state index contributed by atoms with van der Waals surface area (Å²) in [5.41, 5.74) is 3.49. The van der Waals surface area contributed by atoms with E-state index in [4.69, 9.17) is 21.1 Å². The first-order valence-corrected chi connectivity index (χ1v) is 11.5. The second-order valence-corrected chi connectivity index (χ2v) is 8.25. The van der Waals surface area contributed by atoms with Gasteiger partial charge in [0, 0.05) is 25.7 Å². The van der Waals surface area contributed by atoms with Crippen molar-refractivity contribution in [1.82, 2.24) is 10.6 Å². The Morgan fingerprint density at radius 1 is 0.941 bits per heavy atom. The van der Waals surface area contributed by atoms with Crippen LogP contribution in [0.2, 0.25) is 5.02 Å². The summed E-state index contributed by atoms with van der Waals surface area (Å²) < 4.78 is 11.3. The topological polar surface area (TPSA) is 59.6 Å². The van der Waals surface area contributed by atoms with Crippen molar-refractivity contribution in [3.63, 3.8) is 0 Å². The number of methoxy groups -OCH3 is 1. The molecule has 0 fully saturated rings. The van der Waals surface area contributed by atoms with E-state index in [0.717, 1.165) is 17.7 Å². The summed E-state index contributed by atoms with van der Waals surface area (Å²) in [5.74, 6) is 1.02. The lowest BCUT2D eigenvalue weighted by molar-refractivity contribution is 0.0962. The molecule has 0 saturated carbocycles. The lowest BCUT2D eigenvalue weighted by Gasteiger charge is -2.13. The number of ether oxygens (including phenoxy) is 2. The number of carbonyl (C=O) groups excluding carboxylic acids is 1. The Kier molecular flexibility index (Phi) is 7.68. The van der Waals surface area contributed by atoms with Crippen LogP contribution in [0.15, 0.2) is 78.9 Å². The van der Waals surface area contributed by atoms with E-state index in [1.54, 1.807) is 26.3 Å². The number of halogens is 1. The van der Waals surface area contributed by atoms with Crippen LogP contribution in [0.25, 0.3) is 21.9 Å². The third kappa shape index (κ3) is 5.50. The van der Waals surface area contributed by atoms with E-state index >= 15 is 0 Å². The summed E-state index contributed by atoms with van der Waals surface area (Å²) in [6.45, 7) is 1.88. The van der Waals surface area contributed by atoms with Crippen LogP contribution >= 0.6 is 11.6 Å². The van der Waals surface area contributed by atoms with Gasteiger partial charge in [-0.05, 0) is 57.8 Å². The SMILES string of the molecule is CNC(=O)c1cc(OCCNCc2cccc3ccccc23)cc(-c2ccc(Cl)c(OC)c2)c1. The molecule has 0 aliphatic rings. The number of fused-ring (bicyclic) bond motifs is 1. The van der Waals surface area contributed by atoms with Crippen molar-refractivity contribution in [2.75, 3.05) is 27.3 Å². The van der Waals surface area contributed by atoms with E-state index in [0.29, 0.717) is 35.2 Å². The third-order valence-corrected chi connectivity index (χ3v) is 5.94. The molecule has 0 bridgehead atoms. The predicted octanol–water partition coefficient (Wildman–Crippen LogP) is 5.70. The Balaban J connectivity index is 1.45. The molecule has 0 unspecified atom stereocenters. The molecule has 4 aromatic rings. The largest absolute Gasteiger partial charge is 0.495 e. The molecule has 174 valence electrons. The van der Waals surface area contributed by atoms with E-state index in [1.807, 2.05) is 24.3 Å². The first-order valence-electron chi connectivity index (χ1n) is 11.1. The van der Waals surface area contributed by atoms with Crippen LogP contribution in [0.5, 0.6) is 11.5 Å². The van der Waals surface area contributed by atoms with Gasteiger partial charge in [-0.3, -0.25) is 4.79 Å². The minimum atomic E-state index is -0.179. The molecule has 34 heavy (non-hydrogen) atoms. The summed E-state index contributed by atoms with van der Waals surface area (Å²) in [7, 11) is 3.18. The molecule has 5 nitrogen and oxygen atoms in total. The zero-order valence-corrected chi connectivity index (χ0v) is 20.0. The van der Waals surface area contributed by atoms with Crippen molar-refractivity contribution >= 4 is 28.3 Å². The van der Waals surface area contributed by atoms with Gasteiger partial charge in [-0.25, -0.2) is 0 Å². The van der Waals surface area contributed by atoms with Gasteiger partial charge >= 0.3 is 0 Å². The Morgan fingerprint density at radius 3 is 2.59 bits per heavy atom. The van der Waals surface area contributed by atoms with Crippen molar-refractivity contribution in [2.24, 2.45) is 0 Å². The second kappa shape index (κ2) is 11.1. The van der Waals surface area contributed by atoms with Crippen molar-refractivity contribution in [1.29, 1.82) is 0 Å². The highest BCUT2D eigenvalue weighted by atomic mass is 35.5. The van der Waals surface area contributed by atoms with Gasteiger partial charge in [0.05, 0.1) is 12.1 Å². The predicted molar refractivity (Wildman–Crippen MR) is 138 cm³/mol. The molecular weight excluding hydrogens is 448 g/mol. The van der Waals surface area contributed by atoms with Gasteiger partial charge < -0.3 is 20.1 Å². The van der Waals surface area contributed by atoms with Gasteiger partial charge in [-0.15, -0.1) is 0 Å². The maximum absolute atomic E-state index is 12.3. The highest BCUT2D eigenvalue weighted by molar-refractivity contribution is 6.32. The van der Waals surface area contributed by atoms with Gasteiger partial charge in [0.2, 0.25) is 0 Å². The normalized spacial score (nSPS) is 10.8. The van der Waals surface area contributed by atoms with Gasteiger partial charge in [-0.2, -0.15) is 0 Å². The van der Waals surface area contributed by atoms with Crippen LogP contribution < -0.4 is 20.1 Å². The average molecular weight is 475 g/mol. The molecule has 0 spiro atoms. The van der Waals surface area contributed by atoms with E-state index in [2.05, 4.69) is 53.1 Å². The number of hydrogen-bond acceptors (Lipinski definition) is 4. The Morgan fingerprint density at radius 2 is 1.76 bits per heavy atom. The molecule has 0 aliphatic carbocycles. The molecule has 2 N–H and O–H groups in total. The van der Waals surface area contributed by atoms with Crippen molar-refractivity contribution in [3.8, 4) is 22.6 Å². The maximum atomic E-state index is 12.3. The molecule has 4 rings (SSSR count). The molecule has 0 saturated heterocycles. The van der Waals surface area contributed by atoms with Crippen LogP contribution in [0.3, 0.4) is 0 Å². The summed E-state index contributed by atoms with van der Waals surface area (Å²) in [5, 5.41) is 9.13. The van der Waals surface area contributed by atoms with Crippen LogP contribution in [0.1, 0.15) is 15.9 Å². The van der Waals surface area contributed by atoms with Gasteiger partial charge in [-0.1, -0.05) is 60.1 Å². The molecular formula is C28H27ClN2O3. The minimum Gasteiger partial charge on any atom is -0.495 e. The molecule has 0 heterocycles. The van der Waals surface area contributed by atoms with E-state index in [1.165, 1.54) is 16.3 Å². The van der Waals surface area contributed by atoms with Crippen molar-refractivity contribution in [3.05, 3.63) is 95.0 Å². The molecule has 6 heteroatoms. The van der Waals surface area contributed by atoms with Crippen molar-refractivity contribution < 1.29 is 14.3 Å². The van der Waals surface area contributed by atoms with Gasteiger partial charge in [0.25, 0.3) is 5.91 Å². The van der Waals surface area contributed by atoms with Crippen LogP contribution in [0.4, 0.5) is 0 Å². The second-order valence-electron chi connectivity index (χ2n) is 7.84. The summed E-state index contributed by atoms with van der Waals surface area (Å²) in [6, 6.07) is 25.7. The van der Waals surface area contributed by atoms with Crippen LogP contribution in [-0.2, 0) is 6.54 Å². The molecule has 0 aliphatic heterocycles. The fourth-order valence-corrected chi connectivity index (χ4v) is 4.07. The first kappa shape index (κ1) is 23.6. The molecule has 4 aromatic carbocycles. The number of benzene rings is 4.